The number of carbonyl (C=O) groups excluding carboxylic acids is 1. The van der Waals surface area contributed by atoms with E-state index in [1.807, 2.05) is 40.9 Å². The van der Waals surface area contributed by atoms with Gasteiger partial charge in [-0.1, -0.05) is 19.4 Å². The molecule has 0 radical (unpaired) electrons. The normalized spacial score (nSPS) is 10.5. The molecular formula is C19H26N2O3. The molecule has 5 nitrogen and oxygen atoms in total. The molecule has 0 spiro atoms. The minimum atomic E-state index is -0.0704. The topological polar surface area (TPSA) is 43.7 Å². The van der Waals surface area contributed by atoms with E-state index in [1.54, 1.807) is 26.4 Å². The molecule has 0 saturated heterocycles. The zero-order chi connectivity index (χ0) is 17.5. The third-order valence-electron chi connectivity index (χ3n) is 4.11. The van der Waals surface area contributed by atoms with Gasteiger partial charge in [0.15, 0.2) is 0 Å². The Labute approximate surface area is 143 Å². The van der Waals surface area contributed by atoms with Crippen LogP contribution >= 0.6 is 0 Å². The number of aryl methyl sites for hydroxylation is 1. The number of ether oxygens (including phenoxy) is 2. The van der Waals surface area contributed by atoms with E-state index in [9.17, 15) is 4.79 Å². The SMILES string of the molecule is CCCCN(Cc1cccn1C)C(=O)c1c(OC)cccc1OC. The van der Waals surface area contributed by atoms with Crippen LogP contribution < -0.4 is 9.47 Å². The van der Waals surface area contributed by atoms with Crippen LogP contribution in [-0.2, 0) is 13.6 Å². The predicted molar refractivity (Wildman–Crippen MR) is 94.6 cm³/mol. The summed E-state index contributed by atoms with van der Waals surface area (Å²) < 4.78 is 12.8. The highest BCUT2D eigenvalue weighted by atomic mass is 16.5. The smallest absolute Gasteiger partial charge is 0.261 e. The van der Waals surface area contributed by atoms with Gasteiger partial charge in [0.1, 0.15) is 17.1 Å². The number of nitrogens with zero attached hydrogens (tertiary/aromatic N) is 2. The van der Waals surface area contributed by atoms with Crippen LogP contribution in [-0.4, -0.2) is 36.1 Å². The fourth-order valence-electron chi connectivity index (χ4n) is 2.68. The maximum Gasteiger partial charge on any atom is 0.261 e. The van der Waals surface area contributed by atoms with Gasteiger partial charge in [0.05, 0.1) is 20.8 Å². The third kappa shape index (κ3) is 3.91. The lowest BCUT2D eigenvalue weighted by Gasteiger charge is -2.25. The van der Waals surface area contributed by atoms with Crippen molar-refractivity contribution in [1.29, 1.82) is 0 Å². The molecule has 1 aromatic heterocycles. The van der Waals surface area contributed by atoms with E-state index in [0.29, 0.717) is 30.2 Å². The third-order valence-corrected chi connectivity index (χ3v) is 4.11. The monoisotopic (exact) mass is 330 g/mol. The second kappa shape index (κ2) is 8.43. The van der Waals surface area contributed by atoms with Gasteiger partial charge in [-0.25, -0.2) is 0 Å². The first kappa shape index (κ1) is 17.9. The standard InChI is InChI=1S/C19H26N2O3/c1-5-6-13-21(14-15-9-8-12-20(15)2)19(22)18-16(23-3)10-7-11-17(18)24-4/h7-12H,5-6,13-14H2,1-4H3. The van der Waals surface area contributed by atoms with Crippen molar-refractivity contribution >= 4 is 5.91 Å². The van der Waals surface area contributed by atoms with Gasteiger partial charge in [0, 0.05) is 25.5 Å². The molecule has 24 heavy (non-hydrogen) atoms. The number of unbranched alkanes of at least 4 members (excludes halogenated alkanes) is 1. The van der Waals surface area contributed by atoms with Gasteiger partial charge < -0.3 is 18.9 Å². The number of methoxy groups -OCH3 is 2. The van der Waals surface area contributed by atoms with E-state index >= 15 is 0 Å². The molecule has 0 aliphatic rings. The molecule has 0 unspecified atom stereocenters. The number of aromatic nitrogens is 1. The predicted octanol–water partition coefficient (Wildman–Crippen LogP) is 3.48. The Morgan fingerprint density at radius 3 is 2.29 bits per heavy atom. The van der Waals surface area contributed by atoms with Gasteiger partial charge in [0.25, 0.3) is 5.91 Å². The lowest BCUT2D eigenvalue weighted by molar-refractivity contribution is 0.0730. The van der Waals surface area contributed by atoms with Crippen molar-refractivity contribution in [3.05, 3.63) is 47.8 Å². The van der Waals surface area contributed by atoms with E-state index in [1.165, 1.54) is 0 Å². The van der Waals surface area contributed by atoms with Crippen LogP contribution in [0.4, 0.5) is 0 Å². The Morgan fingerprint density at radius 1 is 1.12 bits per heavy atom. The van der Waals surface area contributed by atoms with Gasteiger partial charge in [-0.3, -0.25) is 4.79 Å². The summed E-state index contributed by atoms with van der Waals surface area (Å²) in [5.74, 6) is 0.999. The first-order valence-corrected chi connectivity index (χ1v) is 8.22. The van der Waals surface area contributed by atoms with Crippen molar-refractivity contribution in [2.24, 2.45) is 7.05 Å². The molecule has 0 saturated carbocycles. The van der Waals surface area contributed by atoms with E-state index in [4.69, 9.17) is 9.47 Å². The summed E-state index contributed by atoms with van der Waals surface area (Å²) in [4.78, 5) is 15.1. The molecule has 2 rings (SSSR count). The zero-order valence-electron chi connectivity index (χ0n) is 14.9. The van der Waals surface area contributed by atoms with Crippen LogP contribution in [0.15, 0.2) is 36.5 Å². The van der Waals surface area contributed by atoms with Gasteiger partial charge in [-0.05, 0) is 30.7 Å². The average Bonchev–Trinajstić information content (AvgIpc) is 3.01. The minimum Gasteiger partial charge on any atom is -0.496 e. The average molecular weight is 330 g/mol. The summed E-state index contributed by atoms with van der Waals surface area (Å²) in [6.07, 6.45) is 3.97. The molecule has 1 amide bonds. The lowest BCUT2D eigenvalue weighted by atomic mass is 10.1. The first-order chi connectivity index (χ1) is 11.6. The van der Waals surface area contributed by atoms with Crippen molar-refractivity contribution < 1.29 is 14.3 Å². The van der Waals surface area contributed by atoms with Gasteiger partial charge in [-0.15, -0.1) is 0 Å². The minimum absolute atomic E-state index is 0.0704. The van der Waals surface area contributed by atoms with Crippen LogP contribution in [0.1, 0.15) is 35.8 Å². The van der Waals surface area contributed by atoms with Crippen molar-refractivity contribution in [3.63, 3.8) is 0 Å². The van der Waals surface area contributed by atoms with Crippen molar-refractivity contribution in [1.82, 2.24) is 9.47 Å². The zero-order valence-corrected chi connectivity index (χ0v) is 14.9. The van der Waals surface area contributed by atoms with Gasteiger partial charge >= 0.3 is 0 Å². The van der Waals surface area contributed by atoms with E-state index in [2.05, 4.69) is 6.92 Å². The highest BCUT2D eigenvalue weighted by Crippen LogP contribution is 2.30. The summed E-state index contributed by atoms with van der Waals surface area (Å²) in [6.45, 7) is 3.38. The van der Waals surface area contributed by atoms with Gasteiger partial charge in [0.2, 0.25) is 0 Å². The molecule has 0 fully saturated rings. The van der Waals surface area contributed by atoms with Crippen molar-refractivity contribution in [2.75, 3.05) is 20.8 Å². The van der Waals surface area contributed by atoms with Crippen LogP contribution in [0, 0.1) is 0 Å². The van der Waals surface area contributed by atoms with Crippen molar-refractivity contribution in [2.45, 2.75) is 26.3 Å². The number of rotatable bonds is 8. The number of benzene rings is 1. The van der Waals surface area contributed by atoms with Crippen LogP contribution in [0.5, 0.6) is 11.5 Å². The summed E-state index contributed by atoms with van der Waals surface area (Å²) in [6, 6.07) is 9.42. The number of hydrogen-bond donors (Lipinski definition) is 0. The van der Waals surface area contributed by atoms with E-state index in [-0.39, 0.29) is 5.91 Å². The van der Waals surface area contributed by atoms with Crippen LogP contribution in [0.3, 0.4) is 0 Å². The highest BCUT2D eigenvalue weighted by Gasteiger charge is 2.24. The molecule has 0 aliphatic carbocycles. The molecule has 1 aromatic carbocycles. The Hall–Kier alpha value is -2.43. The molecule has 0 aliphatic heterocycles. The van der Waals surface area contributed by atoms with Crippen LogP contribution in [0.2, 0.25) is 0 Å². The maximum absolute atomic E-state index is 13.2. The van der Waals surface area contributed by atoms with E-state index < -0.39 is 0 Å². The summed E-state index contributed by atoms with van der Waals surface area (Å²) >= 11 is 0. The molecule has 0 atom stereocenters. The molecule has 5 heteroatoms. The molecule has 2 aromatic rings. The molecule has 1 heterocycles. The second-order valence-corrected chi connectivity index (χ2v) is 5.73. The molecular weight excluding hydrogens is 304 g/mol. The molecule has 0 bridgehead atoms. The number of hydrogen-bond acceptors (Lipinski definition) is 3. The van der Waals surface area contributed by atoms with Crippen molar-refractivity contribution in [3.8, 4) is 11.5 Å². The van der Waals surface area contributed by atoms with E-state index in [0.717, 1.165) is 18.5 Å². The summed E-state index contributed by atoms with van der Waals surface area (Å²) in [5, 5.41) is 0. The number of amides is 1. The fourth-order valence-corrected chi connectivity index (χ4v) is 2.68. The quantitative estimate of drug-likeness (QED) is 0.744. The molecule has 0 N–H and O–H groups in total. The Balaban J connectivity index is 2.35. The van der Waals surface area contributed by atoms with Gasteiger partial charge in [-0.2, -0.15) is 0 Å². The molecule has 130 valence electrons. The first-order valence-electron chi connectivity index (χ1n) is 8.22. The van der Waals surface area contributed by atoms with Crippen LogP contribution in [0.25, 0.3) is 0 Å². The Kier molecular flexibility index (Phi) is 6.29. The lowest BCUT2D eigenvalue weighted by Crippen LogP contribution is -2.32. The summed E-state index contributed by atoms with van der Waals surface area (Å²) in [7, 11) is 5.12. The largest absolute Gasteiger partial charge is 0.496 e. The Morgan fingerprint density at radius 2 is 1.79 bits per heavy atom. The highest BCUT2D eigenvalue weighted by molar-refractivity contribution is 5.99. The Bertz CT molecular complexity index is 657. The fraction of sp³-hybridized carbons (Fsp3) is 0.421. The second-order valence-electron chi connectivity index (χ2n) is 5.73. The summed E-state index contributed by atoms with van der Waals surface area (Å²) in [5.41, 5.74) is 1.57. The maximum atomic E-state index is 13.2. The number of carbonyl (C=O) groups is 1.